The highest BCUT2D eigenvalue weighted by Crippen LogP contribution is 2.29. The molecule has 3 rings (SSSR count). The fraction of sp³-hybridized carbons (Fsp3) is 0.278. The molecule has 0 radical (unpaired) electrons. The van der Waals surface area contributed by atoms with Gasteiger partial charge in [-0.05, 0) is 48.1 Å². The molecule has 1 aliphatic carbocycles. The molecule has 1 unspecified atom stereocenters. The van der Waals surface area contributed by atoms with Crippen LogP contribution in [-0.2, 0) is 13.0 Å². The molecule has 4 nitrogen and oxygen atoms in total. The van der Waals surface area contributed by atoms with E-state index in [4.69, 9.17) is 5.73 Å². The molecule has 4 heteroatoms. The van der Waals surface area contributed by atoms with Gasteiger partial charge in [-0.15, -0.1) is 0 Å². The smallest absolute Gasteiger partial charge is 0.319 e. The third kappa shape index (κ3) is 3.28. The molecule has 4 N–H and O–H groups in total. The van der Waals surface area contributed by atoms with E-state index in [9.17, 15) is 4.79 Å². The van der Waals surface area contributed by atoms with Crippen LogP contribution in [0, 0.1) is 0 Å². The molecule has 0 bridgehead atoms. The number of amides is 2. The van der Waals surface area contributed by atoms with E-state index in [0.29, 0.717) is 6.54 Å². The van der Waals surface area contributed by atoms with Crippen molar-refractivity contribution < 1.29 is 4.79 Å². The third-order valence-corrected chi connectivity index (χ3v) is 4.12. The van der Waals surface area contributed by atoms with E-state index in [2.05, 4.69) is 28.8 Å². The molecule has 22 heavy (non-hydrogen) atoms. The highest BCUT2D eigenvalue weighted by molar-refractivity contribution is 5.89. The maximum atomic E-state index is 12.2. The summed E-state index contributed by atoms with van der Waals surface area (Å²) in [4.78, 5) is 12.2. The summed E-state index contributed by atoms with van der Waals surface area (Å²) in [6.45, 7) is 0.505. The number of hydrogen-bond acceptors (Lipinski definition) is 2. The van der Waals surface area contributed by atoms with Gasteiger partial charge in [0.2, 0.25) is 0 Å². The van der Waals surface area contributed by atoms with Crippen molar-refractivity contribution >= 4 is 11.7 Å². The summed E-state index contributed by atoms with van der Waals surface area (Å²) in [5, 5.41) is 5.96. The molecular formula is C18H21N3O. The van der Waals surface area contributed by atoms with Crippen molar-refractivity contribution in [2.45, 2.75) is 31.8 Å². The molecule has 2 aromatic rings. The second kappa shape index (κ2) is 6.62. The first-order chi connectivity index (χ1) is 10.8. The van der Waals surface area contributed by atoms with E-state index in [-0.39, 0.29) is 12.1 Å². The van der Waals surface area contributed by atoms with Crippen LogP contribution in [0.15, 0.2) is 48.5 Å². The van der Waals surface area contributed by atoms with Crippen LogP contribution in [0.5, 0.6) is 0 Å². The van der Waals surface area contributed by atoms with Crippen molar-refractivity contribution in [3.63, 3.8) is 0 Å². The molecule has 114 valence electrons. The Morgan fingerprint density at radius 2 is 1.91 bits per heavy atom. The number of hydrogen-bond donors (Lipinski definition) is 3. The molecule has 0 aliphatic heterocycles. The third-order valence-electron chi connectivity index (χ3n) is 4.12. The zero-order valence-electron chi connectivity index (χ0n) is 12.5. The largest absolute Gasteiger partial charge is 0.331 e. The van der Waals surface area contributed by atoms with Crippen LogP contribution in [0.25, 0.3) is 0 Å². The maximum absolute atomic E-state index is 12.2. The Kier molecular flexibility index (Phi) is 4.39. The Hall–Kier alpha value is -2.33. The van der Waals surface area contributed by atoms with Crippen molar-refractivity contribution in [2.75, 3.05) is 5.32 Å². The van der Waals surface area contributed by atoms with Gasteiger partial charge in [-0.1, -0.05) is 36.4 Å². The molecule has 0 spiro atoms. The van der Waals surface area contributed by atoms with Gasteiger partial charge in [0.15, 0.2) is 0 Å². The number of carbonyl (C=O) groups excluding carboxylic acids is 1. The molecule has 0 aromatic heterocycles. The van der Waals surface area contributed by atoms with Gasteiger partial charge in [-0.25, -0.2) is 4.79 Å². The van der Waals surface area contributed by atoms with Gasteiger partial charge in [0.25, 0.3) is 0 Å². The average molecular weight is 295 g/mol. The standard InChI is InChI=1S/C18H21N3O/c19-12-13-8-10-15(11-9-13)20-18(22)21-17-7-3-5-14-4-1-2-6-16(14)17/h1-2,4,6,8-11,17H,3,5,7,12,19H2,(H2,20,21,22). The van der Waals surface area contributed by atoms with Gasteiger partial charge in [0, 0.05) is 12.2 Å². The lowest BCUT2D eigenvalue weighted by molar-refractivity contribution is 0.247. The zero-order chi connectivity index (χ0) is 15.4. The summed E-state index contributed by atoms with van der Waals surface area (Å²) in [6, 6.07) is 15.9. The number of nitrogens with two attached hydrogens (primary N) is 1. The number of carbonyl (C=O) groups is 1. The van der Waals surface area contributed by atoms with Crippen molar-refractivity contribution in [1.82, 2.24) is 5.32 Å². The molecule has 0 fully saturated rings. The molecule has 2 amide bonds. The number of urea groups is 1. The van der Waals surface area contributed by atoms with Crippen molar-refractivity contribution in [2.24, 2.45) is 5.73 Å². The van der Waals surface area contributed by atoms with Crippen LogP contribution < -0.4 is 16.4 Å². The summed E-state index contributed by atoms with van der Waals surface area (Å²) in [6.07, 6.45) is 3.18. The first kappa shape index (κ1) is 14.6. The average Bonchev–Trinajstić information content (AvgIpc) is 2.56. The molecule has 1 aliphatic rings. The van der Waals surface area contributed by atoms with E-state index in [1.54, 1.807) is 0 Å². The summed E-state index contributed by atoms with van der Waals surface area (Å²) >= 11 is 0. The normalized spacial score (nSPS) is 16.7. The minimum absolute atomic E-state index is 0.0910. The summed E-state index contributed by atoms with van der Waals surface area (Å²) in [7, 11) is 0. The highest BCUT2D eigenvalue weighted by Gasteiger charge is 2.21. The minimum atomic E-state index is -0.165. The lowest BCUT2D eigenvalue weighted by atomic mass is 9.88. The van der Waals surface area contributed by atoms with Crippen LogP contribution in [0.4, 0.5) is 10.5 Å². The first-order valence-corrected chi connectivity index (χ1v) is 7.70. The van der Waals surface area contributed by atoms with Gasteiger partial charge < -0.3 is 16.4 Å². The van der Waals surface area contributed by atoms with Crippen LogP contribution >= 0.6 is 0 Å². The van der Waals surface area contributed by atoms with Gasteiger partial charge in [-0.2, -0.15) is 0 Å². The first-order valence-electron chi connectivity index (χ1n) is 7.70. The molecule has 0 heterocycles. The molecule has 0 saturated carbocycles. The molecular weight excluding hydrogens is 274 g/mol. The molecule has 1 atom stereocenters. The van der Waals surface area contributed by atoms with E-state index >= 15 is 0 Å². The van der Waals surface area contributed by atoms with Gasteiger partial charge in [0.1, 0.15) is 0 Å². The number of aryl methyl sites for hydroxylation is 1. The second-order valence-electron chi connectivity index (χ2n) is 5.64. The van der Waals surface area contributed by atoms with Crippen LogP contribution in [0.3, 0.4) is 0 Å². The Labute approximate surface area is 130 Å². The Balaban J connectivity index is 1.65. The van der Waals surface area contributed by atoms with E-state index < -0.39 is 0 Å². The monoisotopic (exact) mass is 295 g/mol. The Bertz CT molecular complexity index is 652. The number of fused-ring (bicyclic) bond motifs is 1. The highest BCUT2D eigenvalue weighted by atomic mass is 16.2. The van der Waals surface area contributed by atoms with E-state index in [0.717, 1.165) is 30.5 Å². The lowest BCUT2D eigenvalue weighted by Gasteiger charge is -2.26. The summed E-state index contributed by atoms with van der Waals surface area (Å²) in [5.41, 5.74) is 9.97. The Morgan fingerprint density at radius 1 is 1.14 bits per heavy atom. The van der Waals surface area contributed by atoms with E-state index in [1.807, 2.05) is 30.3 Å². The number of rotatable bonds is 3. The number of nitrogens with one attached hydrogen (secondary N) is 2. The molecule has 0 saturated heterocycles. The zero-order valence-corrected chi connectivity index (χ0v) is 12.5. The number of benzene rings is 2. The molecule has 2 aromatic carbocycles. The van der Waals surface area contributed by atoms with Gasteiger partial charge in [0.05, 0.1) is 6.04 Å². The topological polar surface area (TPSA) is 67.1 Å². The van der Waals surface area contributed by atoms with Crippen molar-refractivity contribution in [3.8, 4) is 0 Å². The van der Waals surface area contributed by atoms with Crippen LogP contribution in [0.2, 0.25) is 0 Å². The minimum Gasteiger partial charge on any atom is -0.331 e. The predicted molar refractivity (Wildman–Crippen MR) is 88.6 cm³/mol. The fourth-order valence-electron chi connectivity index (χ4n) is 2.95. The predicted octanol–water partition coefficient (Wildman–Crippen LogP) is 3.34. The summed E-state index contributed by atoms with van der Waals surface area (Å²) in [5.74, 6) is 0. The summed E-state index contributed by atoms with van der Waals surface area (Å²) < 4.78 is 0. The van der Waals surface area contributed by atoms with Crippen molar-refractivity contribution in [3.05, 3.63) is 65.2 Å². The quantitative estimate of drug-likeness (QED) is 0.813. The fourth-order valence-corrected chi connectivity index (χ4v) is 2.95. The Morgan fingerprint density at radius 3 is 2.68 bits per heavy atom. The SMILES string of the molecule is NCc1ccc(NC(=O)NC2CCCc3ccccc32)cc1. The second-order valence-corrected chi connectivity index (χ2v) is 5.64. The van der Waals surface area contributed by atoms with Gasteiger partial charge in [-0.3, -0.25) is 0 Å². The van der Waals surface area contributed by atoms with Crippen molar-refractivity contribution in [1.29, 1.82) is 0 Å². The van der Waals surface area contributed by atoms with Crippen LogP contribution in [0.1, 0.15) is 35.6 Å². The lowest BCUT2D eigenvalue weighted by Crippen LogP contribution is -2.34. The van der Waals surface area contributed by atoms with E-state index in [1.165, 1.54) is 11.1 Å². The van der Waals surface area contributed by atoms with Crippen LogP contribution in [-0.4, -0.2) is 6.03 Å². The maximum Gasteiger partial charge on any atom is 0.319 e. The van der Waals surface area contributed by atoms with Gasteiger partial charge >= 0.3 is 6.03 Å². The number of anilines is 1.